The third-order valence-corrected chi connectivity index (χ3v) is 10.1. The van der Waals surface area contributed by atoms with Crippen LogP contribution in [0, 0.1) is 12.3 Å². The highest BCUT2D eigenvalue weighted by Crippen LogP contribution is 2.74. The molecule has 37 heavy (non-hydrogen) atoms. The molecule has 8 atom stereocenters. The second-order valence-electron chi connectivity index (χ2n) is 8.59. The summed E-state index contributed by atoms with van der Waals surface area (Å²) >= 11 is 0. The van der Waals surface area contributed by atoms with Crippen molar-refractivity contribution in [2.45, 2.75) is 48.0 Å². The average molecular weight is 587 g/mol. The number of aromatic nitrogens is 4. The van der Waals surface area contributed by atoms with Gasteiger partial charge in [-0.1, -0.05) is 5.92 Å². The van der Waals surface area contributed by atoms with Crippen LogP contribution in [0.25, 0.3) is 11.2 Å². The number of hydrogen-bond acceptors (Lipinski definition) is 12. The van der Waals surface area contributed by atoms with Gasteiger partial charge < -0.3 is 39.7 Å². The average Bonchev–Trinajstić information content (AvgIpc) is 3.54. The van der Waals surface area contributed by atoms with Gasteiger partial charge in [-0.25, -0.2) is 23.1 Å². The van der Waals surface area contributed by atoms with E-state index in [-0.39, 0.29) is 23.5 Å². The first kappa shape index (κ1) is 26.6. The molecular weight excluding hydrogens is 570 g/mol. The summed E-state index contributed by atoms with van der Waals surface area (Å²) in [6.45, 7) is 0. The van der Waals surface area contributed by atoms with E-state index in [1.807, 2.05) is 5.92 Å². The summed E-state index contributed by atoms with van der Waals surface area (Å²) in [6.07, 6.45) is 2.22. The molecule has 5 unspecified atom stereocenters. The molecule has 22 heteroatoms. The van der Waals surface area contributed by atoms with Gasteiger partial charge in [-0.2, -0.15) is 13.6 Å². The number of nitrogens with one attached hydrogen (secondary N) is 1. The summed E-state index contributed by atoms with van der Waals surface area (Å²) in [6, 6.07) is -0.964. The van der Waals surface area contributed by atoms with Crippen LogP contribution in [0.4, 0.5) is 10.3 Å². The summed E-state index contributed by atoms with van der Waals surface area (Å²) < 4.78 is 69.7. The Kier molecular flexibility index (Phi) is 5.57. The van der Waals surface area contributed by atoms with Crippen LogP contribution in [0.2, 0.25) is 0 Å². The third kappa shape index (κ3) is 4.10. The van der Waals surface area contributed by atoms with Crippen molar-refractivity contribution in [3.05, 3.63) is 16.7 Å². The molecule has 2 spiro atoms. The monoisotopic (exact) mass is 587 g/mol. The molecule has 0 radical (unpaired) electrons. The van der Waals surface area contributed by atoms with E-state index >= 15 is 4.39 Å². The molecule has 3 aliphatic rings. The Morgan fingerprint density at radius 2 is 1.92 bits per heavy atom. The van der Waals surface area contributed by atoms with E-state index in [2.05, 4.69) is 23.6 Å². The minimum absolute atomic E-state index is 0.0258. The van der Waals surface area contributed by atoms with Gasteiger partial charge in [0.1, 0.15) is 23.4 Å². The lowest BCUT2D eigenvalue weighted by Crippen LogP contribution is -2.46. The molecule has 2 saturated carbocycles. The van der Waals surface area contributed by atoms with Gasteiger partial charge in [-0.15, -0.1) is 6.42 Å². The highest BCUT2D eigenvalue weighted by atomic mass is 31.3. The van der Waals surface area contributed by atoms with Crippen LogP contribution < -0.4 is 11.3 Å². The number of nitrogens with zero attached hydrogens (tertiary/aromatic N) is 3. The number of fused-ring (bicyclic) bond motifs is 1. The maximum absolute atomic E-state index is 16.1. The van der Waals surface area contributed by atoms with Gasteiger partial charge >= 0.3 is 23.5 Å². The number of terminal acetylenes is 1. The number of aliphatic hydroxyl groups excluding tert-OH is 1. The van der Waals surface area contributed by atoms with Gasteiger partial charge in [0.15, 0.2) is 11.2 Å². The third-order valence-electron chi connectivity index (χ3n) is 6.26. The number of halogens is 1. The van der Waals surface area contributed by atoms with Crippen molar-refractivity contribution in [1.29, 1.82) is 0 Å². The zero-order valence-corrected chi connectivity index (χ0v) is 20.6. The van der Waals surface area contributed by atoms with Gasteiger partial charge in [0, 0.05) is 12.8 Å². The molecule has 1 saturated heterocycles. The Morgan fingerprint density at radius 3 is 2.54 bits per heavy atom. The molecule has 0 amide bonds. The highest BCUT2D eigenvalue weighted by Gasteiger charge is 2.87. The van der Waals surface area contributed by atoms with Crippen molar-refractivity contribution in [2.24, 2.45) is 0 Å². The number of nitrogens with two attached hydrogens (primary N) is 1. The van der Waals surface area contributed by atoms with Gasteiger partial charge in [0.05, 0.1) is 12.4 Å². The zero-order chi connectivity index (χ0) is 27.4. The number of anilines is 1. The van der Waals surface area contributed by atoms with E-state index in [0.29, 0.717) is 0 Å². The number of H-pyrrole nitrogens is 1. The van der Waals surface area contributed by atoms with Crippen molar-refractivity contribution in [3.8, 4) is 12.3 Å². The highest BCUT2D eigenvalue weighted by molar-refractivity contribution is 7.66. The molecule has 202 valence electrons. The fraction of sp³-hybridized carbons (Fsp3) is 0.533. The van der Waals surface area contributed by atoms with Gasteiger partial charge in [0.25, 0.3) is 5.56 Å². The van der Waals surface area contributed by atoms with Crippen molar-refractivity contribution in [2.75, 3.05) is 5.73 Å². The molecule has 0 aromatic carbocycles. The van der Waals surface area contributed by atoms with Crippen LogP contribution in [0.1, 0.15) is 18.9 Å². The Labute approximate surface area is 204 Å². The summed E-state index contributed by atoms with van der Waals surface area (Å²) in [5, 5.41) is 10.8. The van der Waals surface area contributed by atoms with E-state index in [1.54, 1.807) is 0 Å². The number of rotatable bonds is 7. The van der Waals surface area contributed by atoms with Crippen molar-refractivity contribution in [3.63, 3.8) is 0 Å². The van der Waals surface area contributed by atoms with Crippen LogP contribution in [0.5, 0.6) is 0 Å². The van der Waals surface area contributed by atoms with Crippen LogP contribution in [0.15, 0.2) is 11.1 Å². The predicted molar refractivity (Wildman–Crippen MR) is 115 cm³/mol. The minimum atomic E-state index is -5.81. The molecule has 3 heterocycles. The topological polar surface area (TPSA) is 279 Å². The number of nitrogen functional groups attached to an aromatic ring is 1. The Hall–Kier alpha value is -2.03. The lowest BCUT2D eigenvalue weighted by Gasteiger charge is -2.23. The van der Waals surface area contributed by atoms with Gasteiger partial charge in [-0.05, 0) is 0 Å². The predicted octanol–water partition coefficient (Wildman–Crippen LogP) is -1.03. The Bertz CT molecular complexity index is 1570. The van der Waals surface area contributed by atoms with E-state index < -0.39 is 70.6 Å². The number of imidazole rings is 1. The Balaban J connectivity index is 1.40. The molecule has 3 fully saturated rings. The molecule has 0 bridgehead atoms. The van der Waals surface area contributed by atoms with Gasteiger partial charge in [-0.3, -0.25) is 14.3 Å². The number of ether oxygens (including phenoxy) is 1. The molecule has 1 aliphatic heterocycles. The first-order valence-corrected chi connectivity index (χ1v) is 14.5. The number of phosphoric ester groups is 1. The first-order valence-electron chi connectivity index (χ1n) is 9.98. The maximum atomic E-state index is 16.1. The van der Waals surface area contributed by atoms with Crippen LogP contribution in [0.3, 0.4) is 0 Å². The lowest BCUT2D eigenvalue weighted by molar-refractivity contribution is -0.0519. The smallest absolute Gasteiger partial charge is 0.385 e. The van der Waals surface area contributed by atoms with Crippen LogP contribution in [-0.2, 0) is 31.6 Å². The molecule has 18 nitrogen and oxygen atoms in total. The quantitative estimate of drug-likeness (QED) is 0.151. The van der Waals surface area contributed by atoms with Crippen molar-refractivity contribution >= 4 is 40.6 Å². The number of aromatic amines is 1. The second kappa shape index (κ2) is 7.76. The fourth-order valence-corrected chi connectivity index (χ4v) is 7.91. The normalized spacial score (nSPS) is 37.9. The fourth-order valence-electron chi connectivity index (χ4n) is 4.67. The number of phosphoric acid groups is 3. The zero-order valence-electron chi connectivity index (χ0n) is 17.9. The van der Waals surface area contributed by atoms with Crippen LogP contribution in [-0.4, -0.2) is 73.3 Å². The van der Waals surface area contributed by atoms with Crippen LogP contribution >= 0.6 is 23.5 Å². The lowest BCUT2D eigenvalue weighted by atomic mass is 9.90. The molecule has 2 aliphatic carbocycles. The van der Waals surface area contributed by atoms with Crippen molar-refractivity contribution in [1.82, 2.24) is 19.5 Å². The molecule has 5 rings (SSSR count). The van der Waals surface area contributed by atoms with E-state index in [9.17, 15) is 33.4 Å². The number of hydrogen-bond donors (Lipinski definition) is 7. The minimum Gasteiger partial charge on any atom is -0.385 e. The first-order chi connectivity index (χ1) is 16.9. The summed E-state index contributed by atoms with van der Waals surface area (Å²) in [7, 11) is -17.0. The molecule has 8 N–H and O–H groups in total. The van der Waals surface area contributed by atoms with Crippen molar-refractivity contribution < 1.29 is 60.6 Å². The standard InChI is InChI=1S/C15H17FN5O13P3/c1-2-14(16)11(23)13(4-7(13)31-36(27,28)34-37(29,30)33-35(24,25)26)32-15(14)3-6(15)21-5-18-8-9(21)19-12(17)20-10(8)22/h1,5-7,11,23H,3-4H2,(H,27,28)(H,29,30)(H2,24,25,26)(H3,17,19,20,22)/t6?,7-,11-,13?,14-,15?/m1/s1. The summed E-state index contributed by atoms with van der Waals surface area (Å²) in [5.74, 6) is 1.60. The Morgan fingerprint density at radius 1 is 1.24 bits per heavy atom. The van der Waals surface area contributed by atoms with Gasteiger partial charge in [0.2, 0.25) is 11.6 Å². The van der Waals surface area contributed by atoms with E-state index in [0.717, 1.165) is 0 Å². The summed E-state index contributed by atoms with van der Waals surface area (Å²) in [4.78, 5) is 58.5. The van der Waals surface area contributed by atoms with E-state index in [1.165, 1.54) is 10.9 Å². The summed E-state index contributed by atoms with van der Waals surface area (Å²) in [5.41, 5.74) is -2.07. The molecular formula is C15H17FN5O13P3. The maximum Gasteiger partial charge on any atom is 0.490 e. The van der Waals surface area contributed by atoms with E-state index in [4.69, 9.17) is 31.2 Å². The largest absolute Gasteiger partial charge is 0.490 e. The molecule has 2 aromatic heterocycles. The number of alkyl halides is 1. The molecule has 2 aromatic rings. The SMILES string of the molecule is C#C[C@@]1(F)[C@H](O)C2(C[C@H]2OP(=O)(O)OP(=O)(O)OP(=O)(O)O)OC12CC2n1cnc2c(=O)[nH]c(N)nc21. The second-order valence-corrected chi connectivity index (χ2v) is 13.0. The number of aliphatic hydroxyl groups is 1.